The number of halogens is 1. The quantitative estimate of drug-likeness (QED) is 0.742. The molecule has 1 atom stereocenters. The Hall–Kier alpha value is -2.34. The number of rotatable bonds is 7. The van der Waals surface area contributed by atoms with Crippen molar-refractivity contribution in [3.05, 3.63) is 59.9 Å². The van der Waals surface area contributed by atoms with E-state index in [1.54, 1.807) is 6.92 Å². The summed E-state index contributed by atoms with van der Waals surface area (Å²) in [5.41, 5.74) is 2.41. The number of nitrogens with one attached hydrogen (secondary N) is 2. The van der Waals surface area contributed by atoms with E-state index >= 15 is 0 Å². The number of thioether (sulfide) groups is 1. The summed E-state index contributed by atoms with van der Waals surface area (Å²) in [6.07, 6.45) is 0. The zero-order valence-corrected chi connectivity index (χ0v) is 15.9. The molecular formula is C20H23FN2O2S. The minimum atomic E-state index is -0.380. The molecule has 2 N–H and O–H groups in total. The molecule has 6 heteroatoms. The fourth-order valence-corrected chi connectivity index (χ4v) is 3.04. The van der Waals surface area contributed by atoms with Crippen molar-refractivity contribution in [1.29, 1.82) is 0 Å². The third-order valence-corrected chi connectivity index (χ3v) is 4.95. The standard InChI is InChI=1S/C20H23FN2O2S/c1-13(2)17-6-4-5-7-18(17)23-20(25)14(3)26-12-19(24)22-16-10-8-15(21)9-11-16/h4-11,13-14H,12H2,1-3H3,(H,22,24)(H,23,25). The summed E-state index contributed by atoms with van der Waals surface area (Å²) in [7, 11) is 0. The molecule has 0 aliphatic heterocycles. The summed E-state index contributed by atoms with van der Waals surface area (Å²) in [5.74, 6) is -0.292. The van der Waals surface area contributed by atoms with Gasteiger partial charge in [0.05, 0.1) is 11.0 Å². The van der Waals surface area contributed by atoms with Gasteiger partial charge in [0.15, 0.2) is 0 Å². The number of anilines is 2. The van der Waals surface area contributed by atoms with Gasteiger partial charge in [-0.1, -0.05) is 32.0 Å². The molecule has 2 amide bonds. The summed E-state index contributed by atoms with van der Waals surface area (Å²) in [5, 5.41) is 5.24. The van der Waals surface area contributed by atoms with Crippen LogP contribution in [-0.4, -0.2) is 22.8 Å². The highest BCUT2D eigenvalue weighted by molar-refractivity contribution is 8.01. The first kappa shape index (κ1) is 20.0. The van der Waals surface area contributed by atoms with E-state index in [1.807, 2.05) is 24.3 Å². The Bertz CT molecular complexity index is 763. The Morgan fingerprint density at radius 1 is 1.00 bits per heavy atom. The normalized spacial score (nSPS) is 11.9. The average Bonchev–Trinajstić information content (AvgIpc) is 2.61. The molecule has 1 unspecified atom stereocenters. The number of hydrogen-bond acceptors (Lipinski definition) is 3. The minimum Gasteiger partial charge on any atom is -0.325 e. The Morgan fingerprint density at radius 2 is 1.65 bits per heavy atom. The lowest BCUT2D eigenvalue weighted by Crippen LogP contribution is -2.25. The van der Waals surface area contributed by atoms with Crippen molar-refractivity contribution in [3.8, 4) is 0 Å². The Kier molecular flexibility index (Phi) is 7.21. The van der Waals surface area contributed by atoms with Gasteiger partial charge in [0.1, 0.15) is 5.82 Å². The predicted molar refractivity (Wildman–Crippen MR) is 106 cm³/mol. The van der Waals surface area contributed by atoms with Crippen LogP contribution in [0.25, 0.3) is 0 Å². The Balaban J connectivity index is 1.85. The second-order valence-corrected chi connectivity index (χ2v) is 7.57. The molecule has 2 rings (SSSR count). The first-order valence-corrected chi connectivity index (χ1v) is 9.48. The van der Waals surface area contributed by atoms with Crippen molar-refractivity contribution in [2.24, 2.45) is 0 Å². The van der Waals surface area contributed by atoms with Gasteiger partial charge in [0, 0.05) is 11.4 Å². The highest BCUT2D eigenvalue weighted by Crippen LogP contribution is 2.24. The summed E-state index contributed by atoms with van der Waals surface area (Å²) < 4.78 is 12.9. The number of carbonyl (C=O) groups excluding carboxylic acids is 2. The highest BCUT2D eigenvalue weighted by atomic mass is 32.2. The van der Waals surface area contributed by atoms with Crippen LogP contribution in [-0.2, 0) is 9.59 Å². The van der Waals surface area contributed by atoms with Crippen LogP contribution in [0.5, 0.6) is 0 Å². The van der Waals surface area contributed by atoms with E-state index in [0.29, 0.717) is 11.6 Å². The molecule has 0 saturated heterocycles. The van der Waals surface area contributed by atoms with Gasteiger partial charge in [-0.2, -0.15) is 0 Å². The molecule has 0 saturated carbocycles. The summed E-state index contributed by atoms with van der Waals surface area (Å²) >= 11 is 1.25. The van der Waals surface area contributed by atoms with Crippen LogP contribution in [0.4, 0.5) is 15.8 Å². The SMILES string of the molecule is CC(SCC(=O)Nc1ccc(F)cc1)C(=O)Nc1ccccc1C(C)C. The van der Waals surface area contributed by atoms with E-state index in [0.717, 1.165) is 11.3 Å². The number of amides is 2. The van der Waals surface area contributed by atoms with Gasteiger partial charge in [-0.25, -0.2) is 4.39 Å². The maximum atomic E-state index is 12.9. The molecule has 2 aromatic carbocycles. The number of carbonyl (C=O) groups is 2. The molecule has 2 aromatic rings. The van der Waals surface area contributed by atoms with Gasteiger partial charge in [-0.05, 0) is 48.7 Å². The molecule has 0 aliphatic carbocycles. The highest BCUT2D eigenvalue weighted by Gasteiger charge is 2.17. The van der Waals surface area contributed by atoms with Gasteiger partial charge in [-0.15, -0.1) is 11.8 Å². The number of hydrogen-bond donors (Lipinski definition) is 2. The molecule has 4 nitrogen and oxygen atoms in total. The molecule has 0 radical (unpaired) electrons. The van der Waals surface area contributed by atoms with Crippen molar-refractivity contribution >= 4 is 35.0 Å². The Labute approximate surface area is 157 Å². The first-order chi connectivity index (χ1) is 12.4. The predicted octanol–water partition coefficient (Wildman–Crippen LogP) is 4.65. The third kappa shape index (κ3) is 5.88. The minimum absolute atomic E-state index is 0.137. The first-order valence-electron chi connectivity index (χ1n) is 8.43. The van der Waals surface area contributed by atoms with E-state index in [2.05, 4.69) is 24.5 Å². The molecule has 0 aromatic heterocycles. The van der Waals surface area contributed by atoms with Crippen molar-refractivity contribution in [1.82, 2.24) is 0 Å². The van der Waals surface area contributed by atoms with Crippen LogP contribution < -0.4 is 10.6 Å². The van der Waals surface area contributed by atoms with Gasteiger partial charge in [-0.3, -0.25) is 9.59 Å². The van der Waals surface area contributed by atoms with Crippen molar-refractivity contribution in [2.75, 3.05) is 16.4 Å². The Morgan fingerprint density at radius 3 is 2.31 bits per heavy atom. The number of para-hydroxylation sites is 1. The lowest BCUT2D eigenvalue weighted by Gasteiger charge is -2.16. The second kappa shape index (κ2) is 9.38. The molecule has 0 aliphatic rings. The van der Waals surface area contributed by atoms with Crippen LogP contribution in [0.15, 0.2) is 48.5 Å². The third-order valence-electron chi connectivity index (χ3n) is 3.80. The lowest BCUT2D eigenvalue weighted by atomic mass is 10.0. The maximum Gasteiger partial charge on any atom is 0.237 e. The monoisotopic (exact) mass is 374 g/mol. The van der Waals surface area contributed by atoms with E-state index < -0.39 is 0 Å². The van der Waals surface area contributed by atoms with Gasteiger partial charge in [0.25, 0.3) is 0 Å². The van der Waals surface area contributed by atoms with Crippen molar-refractivity contribution < 1.29 is 14.0 Å². The van der Waals surface area contributed by atoms with Crippen molar-refractivity contribution in [3.63, 3.8) is 0 Å². The molecule has 26 heavy (non-hydrogen) atoms. The van der Waals surface area contributed by atoms with E-state index in [4.69, 9.17) is 0 Å². The van der Waals surface area contributed by atoms with Crippen LogP contribution in [0, 0.1) is 5.82 Å². The molecule has 0 heterocycles. The largest absolute Gasteiger partial charge is 0.325 e. The lowest BCUT2D eigenvalue weighted by molar-refractivity contribution is -0.115. The zero-order chi connectivity index (χ0) is 19.1. The smallest absolute Gasteiger partial charge is 0.237 e. The van der Waals surface area contributed by atoms with Crippen LogP contribution in [0.2, 0.25) is 0 Å². The van der Waals surface area contributed by atoms with E-state index in [1.165, 1.54) is 36.0 Å². The average molecular weight is 374 g/mol. The van der Waals surface area contributed by atoms with Gasteiger partial charge >= 0.3 is 0 Å². The second-order valence-electron chi connectivity index (χ2n) is 6.24. The number of benzene rings is 2. The summed E-state index contributed by atoms with van der Waals surface area (Å²) in [6, 6.07) is 13.3. The fourth-order valence-electron chi connectivity index (χ4n) is 2.36. The molecule has 138 valence electrons. The van der Waals surface area contributed by atoms with Crippen LogP contribution in [0.1, 0.15) is 32.3 Å². The topological polar surface area (TPSA) is 58.2 Å². The summed E-state index contributed by atoms with van der Waals surface area (Å²) in [6.45, 7) is 5.91. The molecule has 0 spiro atoms. The molecule has 0 fully saturated rings. The van der Waals surface area contributed by atoms with Gasteiger partial charge < -0.3 is 10.6 Å². The van der Waals surface area contributed by atoms with Crippen LogP contribution >= 0.6 is 11.8 Å². The zero-order valence-electron chi connectivity index (χ0n) is 15.1. The maximum absolute atomic E-state index is 12.9. The van der Waals surface area contributed by atoms with Gasteiger partial charge in [0.2, 0.25) is 11.8 Å². The summed E-state index contributed by atoms with van der Waals surface area (Å²) in [4.78, 5) is 24.4. The molecule has 0 bridgehead atoms. The van der Waals surface area contributed by atoms with Crippen molar-refractivity contribution in [2.45, 2.75) is 31.9 Å². The fraction of sp³-hybridized carbons (Fsp3) is 0.300. The van der Waals surface area contributed by atoms with E-state index in [9.17, 15) is 14.0 Å². The van der Waals surface area contributed by atoms with E-state index in [-0.39, 0.29) is 28.6 Å². The molecular weight excluding hydrogens is 351 g/mol. The van der Waals surface area contributed by atoms with Crippen LogP contribution in [0.3, 0.4) is 0 Å².